The van der Waals surface area contributed by atoms with Gasteiger partial charge in [-0.05, 0) is 19.9 Å². The van der Waals surface area contributed by atoms with E-state index in [1.54, 1.807) is 0 Å². The molecule has 0 aromatic rings. The number of allylic oxidation sites excluding steroid dienone is 3. The average Bonchev–Trinajstić information content (AvgIpc) is 1.82. The molecule has 0 amide bonds. The molecule has 1 heteroatoms. The van der Waals surface area contributed by atoms with Gasteiger partial charge >= 0.3 is 0 Å². The van der Waals surface area contributed by atoms with Gasteiger partial charge in [0.1, 0.15) is 0 Å². The van der Waals surface area contributed by atoms with Crippen LogP contribution < -0.4 is 0 Å². The first-order chi connectivity index (χ1) is 4.22. The van der Waals surface area contributed by atoms with E-state index < -0.39 is 0 Å². The van der Waals surface area contributed by atoms with Crippen LogP contribution in [0.4, 0.5) is 0 Å². The fourth-order valence-electron chi connectivity index (χ4n) is 0.674. The second-order valence-electron chi connectivity index (χ2n) is 2.11. The molecule has 0 spiro atoms. The van der Waals surface area contributed by atoms with Gasteiger partial charge in [0.15, 0.2) is 0 Å². The van der Waals surface area contributed by atoms with E-state index in [0.717, 1.165) is 0 Å². The van der Waals surface area contributed by atoms with Gasteiger partial charge in [-0.1, -0.05) is 12.2 Å². The molecule has 0 N–H and O–H groups in total. The van der Waals surface area contributed by atoms with Crippen LogP contribution in [0.5, 0.6) is 0 Å². The third-order valence-corrected chi connectivity index (χ3v) is 1.15. The number of hydrogen-bond donors (Lipinski definition) is 0. The number of hydrogen-bond acceptors (Lipinski definition) is 1. The number of rotatable bonds is 2. The first kappa shape index (κ1) is 8.28. The maximum atomic E-state index is 2.08. The van der Waals surface area contributed by atoms with E-state index >= 15 is 0 Å². The number of likely N-dealkylation sites (N-methyl/N-ethyl adjacent to an activating group) is 1. The smallest absolute Gasteiger partial charge is 0.0314 e. The molecular weight excluding hydrogens is 110 g/mol. The summed E-state index contributed by atoms with van der Waals surface area (Å²) in [4.78, 5) is 2.08. The zero-order chi connectivity index (χ0) is 7.28. The van der Waals surface area contributed by atoms with E-state index in [1.807, 2.05) is 34.0 Å². The topological polar surface area (TPSA) is 3.24 Å². The van der Waals surface area contributed by atoms with Crippen molar-refractivity contribution in [2.45, 2.75) is 13.8 Å². The number of nitrogens with zero attached hydrogens (tertiary/aromatic N) is 1. The van der Waals surface area contributed by atoms with Crippen LogP contribution >= 0.6 is 0 Å². The van der Waals surface area contributed by atoms with E-state index in [0.29, 0.717) is 0 Å². The van der Waals surface area contributed by atoms with Gasteiger partial charge in [0.2, 0.25) is 0 Å². The Hall–Kier alpha value is -0.720. The van der Waals surface area contributed by atoms with Crippen molar-refractivity contribution in [3.63, 3.8) is 0 Å². The van der Waals surface area contributed by atoms with Crippen LogP contribution in [-0.2, 0) is 0 Å². The van der Waals surface area contributed by atoms with Crippen LogP contribution in [0.15, 0.2) is 23.9 Å². The fourth-order valence-corrected chi connectivity index (χ4v) is 0.674. The zero-order valence-electron chi connectivity index (χ0n) is 6.68. The summed E-state index contributed by atoms with van der Waals surface area (Å²) in [5.41, 5.74) is 1.25. The van der Waals surface area contributed by atoms with Crippen molar-refractivity contribution in [3.8, 4) is 0 Å². The summed E-state index contributed by atoms with van der Waals surface area (Å²) >= 11 is 0. The summed E-state index contributed by atoms with van der Waals surface area (Å²) in [5.74, 6) is 0. The van der Waals surface area contributed by atoms with E-state index in [2.05, 4.69) is 17.1 Å². The Morgan fingerprint density at radius 2 is 1.78 bits per heavy atom. The Kier molecular flexibility index (Phi) is 3.85. The van der Waals surface area contributed by atoms with Gasteiger partial charge in [-0.2, -0.15) is 0 Å². The van der Waals surface area contributed by atoms with E-state index in [1.165, 1.54) is 5.70 Å². The highest BCUT2D eigenvalue weighted by Crippen LogP contribution is 1.98. The third-order valence-electron chi connectivity index (χ3n) is 1.15. The van der Waals surface area contributed by atoms with Crippen molar-refractivity contribution < 1.29 is 0 Å². The standard InChI is InChI=1S/C8H15N/c1-5-7-8(6-2)9(3)4/h5-7H,1-4H3/b7-5+,8-6-. The van der Waals surface area contributed by atoms with E-state index in [-0.39, 0.29) is 0 Å². The lowest BCUT2D eigenvalue weighted by molar-refractivity contribution is 0.529. The van der Waals surface area contributed by atoms with Crippen molar-refractivity contribution in [3.05, 3.63) is 23.9 Å². The Balaban J connectivity index is 4.01. The largest absolute Gasteiger partial charge is 0.378 e. The summed E-state index contributed by atoms with van der Waals surface area (Å²) in [6.07, 6.45) is 6.20. The normalized spacial score (nSPS) is 12.7. The van der Waals surface area contributed by atoms with E-state index in [9.17, 15) is 0 Å². The Bertz CT molecular complexity index is 121. The molecule has 1 nitrogen and oxygen atoms in total. The molecule has 0 atom stereocenters. The lowest BCUT2D eigenvalue weighted by atomic mass is 10.3. The highest BCUT2D eigenvalue weighted by Gasteiger charge is 1.88. The molecule has 0 saturated heterocycles. The Morgan fingerprint density at radius 1 is 1.22 bits per heavy atom. The summed E-state index contributed by atoms with van der Waals surface area (Å²) in [5, 5.41) is 0. The zero-order valence-corrected chi connectivity index (χ0v) is 6.68. The van der Waals surface area contributed by atoms with Crippen molar-refractivity contribution >= 4 is 0 Å². The summed E-state index contributed by atoms with van der Waals surface area (Å²) in [7, 11) is 4.07. The van der Waals surface area contributed by atoms with Crippen LogP contribution in [0.3, 0.4) is 0 Å². The second-order valence-corrected chi connectivity index (χ2v) is 2.11. The predicted molar refractivity (Wildman–Crippen MR) is 42.3 cm³/mol. The quantitative estimate of drug-likeness (QED) is 0.510. The molecule has 0 aliphatic rings. The first-order valence-electron chi connectivity index (χ1n) is 3.18. The van der Waals surface area contributed by atoms with Gasteiger partial charge in [-0.3, -0.25) is 0 Å². The SMILES string of the molecule is C/C=C(/C=C/C)N(C)C. The average molecular weight is 125 g/mol. The summed E-state index contributed by atoms with van der Waals surface area (Å²) in [6.45, 7) is 4.06. The molecule has 0 bridgehead atoms. The van der Waals surface area contributed by atoms with Gasteiger partial charge in [-0.15, -0.1) is 0 Å². The molecule has 0 aliphatic carbocycles. The van der Waals surface area contributed by atoms with Gasteiger partial charge in [0.25, 0.3) is 0 Å². The highest BCUT2D eigenvalue weighted by atomic mass is 15.1. The first-order valence-corrected chi connectivity index (χ1v) is 3.18. The van der Waals surface area contributed by atoms with Crippen molar-refractivity contribution in [1.82, 2.24) is 4.90 Å². The van der Waals surface area contributed by atoms with Crippen LogP contribution in [-0.4, -0.2) is 19.0 Å². The van der Waals surface area contributed by atoms with Crippen LogP contribution in [0.1, 0.15) is 13.8 Å². The summed E-state index contributed by atoms with van der Waals surface area (Å²) in [6, 6.07) is 0. The van der Waals surface area contributed by atoms with Crippen molar-refractivity contribution in [2.24, 2.45) is 0 Å². The lowest BCUT2D eigenvalue weighted by Gasteiger charge is -2.11. The maximum absolute atomic E-state index is 2.08. The minimum Gasteiger partial charge on any atom is -0.378 e. The highest BCUT2D eigenvalue weighted by molar-refractivity contribution is 5.14. The molecule has 9 heavy (non-hydrogen) atoms. The summed E-state index contributed by atoms with van der Waals surface area (Å²) < 4.78 is 0. The van der Waals surface area contributed by atoms with Crippen molar-refractivity contribution in [1.29, 1.82) is 0 Å². The fraction of sp³-hybridized carbons (Fsp3) is 0.500. The molecule has 52 valence electrons. The lowest BCUT2D eigenvalue weighted by Crippen LogP contribution is -2.08. The monoisotopic (exact) mass is 125 g/mol. The van der Waals surface area contributed by atoms with E-state index in [4.69, 9.17) is 0 Å². The molecule has 0 aromatic heterocycles. The Morgan fingerprint density at radius 3 is 1.89 bits per heavy atom. The molecular formula is C8H15N. The van der Waals surface area contributed by atoms with Crippen LogP contribution in [0.2, 0.25) is 0 Å². The van der Waals surface area contributed by atoms with Gasteiger partial charge in [0, 0.05) is 19.8 Å². The molecule has 0 radical (unpaired) electrons. The molecule has 0 fully saturated rings. The molecule has 0 rings (SSSR count). The third kappa shape index (κ3) is 2.96. The van der Waals surface area contributed by atoms with Crippen molar-refractivity contribution in [2.75, 3.05) is 14.1 Å². The van der Waals surface area contributed by atoms with Crippen LogP contribution in [0.25, 0.3) is 0 Å². The molecule has 0 aromatic carbocycles. The minimum atomic E-state index is 1.25. The Labute approximate surface area is 57.7 Å². The predicted octanol–water partition coefficient (Wildman–Crippen LogP) is 2.03. The molecule has 0 heterocycles. The molecule has 0 unspecified atom stereocenters. The van der Waals surface area contributed by atoms with Crippen LogP contribution in [0, 0.1) is 0 Å². The van der Waals surface area contributed by atoms with Gasteiger partial charge in [0.05, 0.1) is 0 Å². The van der Waals surface area contributed by atoms with Gasteiger partial charge in [-0.25, -0.2) is 0 Å². The second kappa shape index (κ2) is 4.19. The molecule has 0 aliphatic heterocycles. The minimum absolute atomic E-state index is 1.25. The van der Waals surface area contributed by atoms with Gasteiger partial charge < -0.3 is 4.90 Å². The maximum Gasteiger partial charge on any atom is 0.0314 e. The molecule has 0 saturated carbocycles.